The number of ketones is 1. The molecule has 5 aliphatic heterocycles. The predicted molar refractivity (Wildman–Crippen MR) is 312 cm³/mol. The van der Waals surface area contributed by atoms with Crippen LogP contribution in [0.5, 0.6) is 0 Å². The first-order chi connectivity index (χ1) is 46.0. The molecule has 0 saturated carbocycles. The van der Waals surface area contributed by atoms with E-state index in [0.29, 0.717) is 0 Å². The Labute approximate surface area is 542 Å². The molecule has 55 heteroatoms. The fourth-order valence-corrected chi connectivity index (χ4v) is 16.6. The number of aromatic nitrogens is 14. The average molecular weight is 1490 g/mol. The van der Waals surface area contributed by atoms with E-state index in [1.54, 1.807) is 0 Å². The highest BCUT2D eigenvalue weighted by molar-refractivity contribution is 7.66. The van der Waals surface area contributed by atoms with E-state index < -0.39 is 187 Å². The Bertz CT molecular complexity index is 4670. The minimum absolute atomic E-state index is 0.0314. The Balaban J connectivity index is 0.739. The molecule has 7 aromatic rings. The fraction of sp³-hybridized carbons (Fsp3) is 0.535. The van der Waals surface area contributed by atoms with Gasteiger partial charge in [-0.2, -0.15) is 13.6 Å². The van der Waals surface area contributed by atoms with Crippen molar-refractivity contribution in [3.63, 3.8) is 0 Å². The molecule has 21 atom stereocenters. The maximum Gasteiger partial charge on any atom is 0.490 e. The zero-order valence-corrected chi connectivity index (χ0v) is 54.0. The van der Waals surface area contributed by atoms with E-state index in [1.165, 1.54) is 17.9 Å². The van der Waals surface area contributed by atoms with Crippen LogP contribution in [0.2, 0.25) is 0 Å². The van der Waals surface area contributed by atoms with Crippen LogP contribution in [0, 0.1) is 0 Å². The number of rotatable bonds is 25. The molecule has 7 aromatic heterocycles. The number of nitrogens with two attached hydrogens (primary N) is 4. The molecular formula is C43H57N19O31P5+. The SMILES string of the molecule is CO[C@@H]1[C@H](OP(=O)(O)OC[C@H]2O[C@@H](n3cnc4c(N)ncnc43)[C@H](O)[C@@H]2OP(=O)(O)OC[C@H]2O[C@@H](n3cnc4c3N=C(N)CC4=O)[C@H](O)[C@@H]2O)[C@@H](COP(=O)(O)OP(=O)(O)OP(=O)(O)OC[C@H]2O[C@@H]([n+]3cn(C)c4c(=O)[nH]c(N)nc43)[C@H](O)[C@@H]2O)O[C@H]1n1cnc2c(=O)[nH]c(N)nc21. The first kappa shape index (κ1) is 71.1. The minimum Gasteiger partial charge on any atom is -0.387 e. The normalized spacial score (nSPS) is 31.3. The number of carbonyl (C=O) groups is 1. The first-order valence-corrected chi connectivity index (χ1v) is 35.4. The molecule has 0 aromatic carbocycles. The van der Waals surface area contributed by atoms with Crippen LogP contribution in [0.15, 0.2) is 46.2 Å². The fourth-order valence-electron chi connectivity index (χ4n) is 11.1. The van der Waals surface area contributed by atoms with Gasteiger partial charge < -0.3 is 96.6 Å². The quantitative estimate of drug-likeness (QED) is 0.0188. The number of phosphoric acid groups is 5. The van der Waals surface area contributed by atoms with Crippen LogP contribution in [0.1, 0.15) is 41.8 Å². The molecule has 0 amide bonds. The molecule has 0 bridgehead atoms. The van der Waals surface area contributed by atoms with Crippen LogP contribution < -0.4 is 38.6 Å². The number of phosphoric ester groups is 4. The number of fused-ring (bicyclic) bond motifs is 4. The van der Waals surface area contributed by atoms with Crippen molar-refractivity contribution >= 4 is 108 Å². The number of H-pyrrole nitrogens is 2. The van der Waals surface area contributed by atoms with Gasteiger partial charge in [0.2, 0.25) is 17.7 Å². The summed E-state index contributed by atoms with van der Waals surface area (Å²) in [5.41, 5.74) is 20.5. The molecule has 4 fully saturated rings. The molecule has 4 saturated heterocycles. The van der Waals surface area contributed by atoms with E-state index >= 15 is 0 Å². The van der Waals surface area contributed by atoms with Gasteiger partial charge in [0.1, 0.15) is 90.9 Å². The summed E-state index contributed by atoms with van der Waals surface area (Å²) in [6.07, 6.45) is -24.5. The highest BCUT2D eigenvalue weighted by Gasteiger charge is 2.56. The predicted octanol–water partition coefficient (Wildman–Crippen LogP) is -5.48. The molecule has 5 aliphatic rings. The smallest absolute Gasteiger partial charge is 0.387 e. The Morgan fingerprint density at radius 1 is 0.582 bits per heavy atom. The Kier molecular flexibility index (Phi) is 19.3. The van der Waals surface area contributed by atoms with Crippen LogP contribution in [0.3, 0.4) is 0 Å². The number of aryl methyl sites for hydroxylation is 1. The van der Waals surface area contributed by atoms with E-state index in [-0.39, 0.29) is 69.0 Å². The number of Topliss-reactive ketones (excluding diaryl/α,β-unsaturated/α-hetero) is 1. The summed E-state index contributed by atoms with van der Waals surface area (Å²) in [6.45, 7) is -4.95. The molecule has 50 nitrogen and oxygen atoms in total. The molecule has 0 aliphatic carbocycles. The van der Waals surface area contributed by atoms with Crippen molar-refractivity contribution in [1.29, 1.82) is 0 Å². The van der Waals surface area contributed by atoms with Gasteiger partial charge in [0.25, 0.3) is 17.1 Å². The number of carbonyl (C=O) groups excluding carboxylic acids is 1. The molecule has 0 spiro atoms. The number of hydrogen-bond acceptors (Lipinski definition) is 38. The molecule has 12 heterocycles. The number of aliphatic hydroxyl groups excluding tert-OH is 5. The Morgan fingerprint density at radius 3 is 1.78 bits per heavy atom. The van der Waals surface area contributed by atoms with Gasteiger partial charge in [-0.25, -0.2) is 57.3 Å². The number of aromatic amines is 2. The third-order valence-corrected chi connectivity index (χ3v) is 21.6. The van der Waals surface area contributed by atoms with Crippen molar-refractivity contribution < 1.29 is 142 Å². The van der Waals surface area contributed by atoms with E-state index in [4.69, 9.17) is 73.8 Å². The number of nitrogen functional groups attached to an aromatic ring is 3. The number of hydrogen-bond donors (Lipinski definition) is 16. The number of aliphatic imine (C=N–C) groups is 1. The van der Waals surface area contributed by atoms with Crippen LogP contribution in [-0.4, -0.2) is 232 Å². The van der Waals surface area contributed by atoms with Crippen molar-refractivity contribution in [2.75, 3.05) is 50.7 Å². The lowest BCUT2D eigenvalue weighted by atomic mass is 10.1. The van der Waals surface area contributed by atoms with Crippen LogP contribution in [-0.2, 0) is 89.3 Å². The zero-order valence-electron chi connectivity index (χ0n) is 49.6. The lowest BCUT2D eigenvalue weighted by Gasteiger charge is -2.27. The lowest BCUT2D eigenvalue weighted by molar-refractivity contribution is -0.745. The number of nitrogens with one attached hydrogen (secondary N) is 2. The van der Waals surface area contributed by atoms with E-state index in [9.17, 15) is 87.2 Å². The third kappa shape index (κ3) is 14.1. The second-order valence-corrected chi connectivity index (χ2v) is 29.3. The van der Waals surface area contributed by atoms with E-state index in [1.807, 2.05) is 0 Å². The van der Waals surface area contributed by atoms with Crippen molar-refractivity contribution in [3.05, 3.63) is 58.0 Å². The van der Waals surface area contributed by atoms with Gasteiger partial charge >= 0.3 is 44.8 Å². The summed E-state index contributed by atoms with van der Waals surface area (Å²) in [6, 6.07) is 0. The topological polar surface area (TPSA) is 721 Å². The van der Waals surface area contributed by atoms with Crippen molar-refractivity contribution in [2.45, 2.75) is 105 Å². The number of amidine groups is 1. The van der Waals surface area contributed by atoms with Gasteiger partial charge in [-0.3, -0.25) is 69.8 Å². The van der Waals surface area contributed by atoms with Gasteiger partial charge in [0.15, 0.2) is 64.9 Å². The average Bonchev–Trinajstić information content (AvgIpc) is 1.58. The highest BCUT2D eigenvalue weighted by Crippen LogP contribution is 2.68. The largest absolute Gasteiger partial charge is 0.490 e. The van der Waals surface area contributed by atoms with Crippen LogP contribution in [0.4, 0.5) is 23.5 Å². The zero-order chi connectivity index (χ0) is 70.6. The Hall–Kier alpha value is -6.77. The number of aliphatic hydroxyl groups is 5. The lowest BCUT2D eigenvalue weighted by Crippen LogP contribution is -2.46. The van der Waals surface area contributed by atoms with Gasteiger partial charge in [0, 0.05) is 7.11 Å². The molecule has 534 valence electrons. The van der Waals surface area contributed by atoms with Gasteiger partial charge in [0.05, 0.1) is 58.9 Å². The molecular weight excluding hydrogens is 1430 g/mol. The molecule has 0 radical (unpaired) electrons. The van der Waals surface area contributed by atoms with E-state index in [0.717, 1.165) is 50.7 Å². The van der Waals surface area contributed by atoms with E-state index in [2.05, 4.69) is 58.5 Å². The minimum atomic E-state index is -6.34. The number of imidazole rings is 4. The van der Waals surface area contributed by atoms with Crippen molar-refractivity contribution in [3.8, 4) is 0 Å². The summed E-state index contributed by atoms with van der Waals surface area (Å²) >= 11 is 0. The van der Waals surface area contributed by atoms with Gasteiger partial charge in [-0.05, 0) is 0 Å². The molecule has 12 rings (SSSR count). The number of nitrogens with zero attached hydrogens (tertiary/aromatic N) is 13. The van der Waals surface area contributed by atoms with Gasteiger partial charge in [-0.1, -0.05) is 4.98 Å². The number of methoxy groups -OCH3 is 1. The molecule has 20 N–H and O–H groups in total. The van der Waals surface area contributed by atoms with Crippen molar-refractivity contribution in [2.24, 2.45) is 17.8 Å². The second-order valence-electron chi connectivity index (χ2n) is 21.9. The maximum absolute atomic E-state index is 14.3. The second kappa shape index (κ2) is 26.6. The number of ether oxygens (including phenoxy) is 5. The maximum atomic E-state index is 14.3. The standard InChI is InChI=1S/C43H56N19O31P5/c1-58-12-62(35-22(58)37(70)57-43(47)55-35)39-26(67)24(65)15(87-39)5-84-96(75,76)92-98(79,80)93-97(77,78)85-7-17-29(30(81-2)41(89-17)61-11-52-21-34(61)54-42(46)56-36(21)69)91-95(73,74)83-6-16-28(27(68)40(88-16)59-10-51-20-31(45)48-8-49-32(20)59)90-94(71,72)82-4-14-23(64)25(66)38(86-14)60-9-50-19-13(63)3-18(44)53-33(19)60/h8-12,14-17,23-30,38-41,64-68H,3-7H2,1-2H3,(H14-,44,45,46,47,48,49,53,54,55,56,57,63,69,70,71,72,73,74,75,76,77,78,79,80)/p+1/t14-,15-,16-,17-,23-,24-,25-,26-,27-,28-,29-,30-,38-,39-,40-,41-/m1/s1. The van der Waals surface area contributed by atoms with Crippen LogP contribution in [0.25, 0.3) is 33.5 Å². The summed E-state index contributed by atoms with van der Waals surface area (Å²) in [5, 5.41) is 55.5. The van der Waals surface area contributed by atoms with Crippen LogP contribution >= 0.6 is 39.1 Å². The van der Waals surface area contributed by atoms with Gasteiger partial charge in [-0.15, -0.1) is 0 Å². The number of anilines is 3. The monoisotopic (exact) mass is 1490 g/mol. The Morgan fingerprint density at radius 2 is 1.11 bits per heavy atom. The molecule has 98 heavy (non-hydrogen) atoms. The third-order valence-electron chi connectivity index (χ3n) is 15.4. The summed E-state index contributed by atoms with van der Waals surface area (Å²) in [7, 11) is -27.4. The first-order valence-electron chi connectivity index (χ1n) is 27.9. The summed E-state index contributed by atoms with van der Waals surface area (Å²) < 4.78 is 142. The summed E-state index contributed by atoms with van der Waals surface area (Å²) in [4.78, 5) is 129. The molecule has 5 unspecified atom stereocenters. The van der Waals surface area contributed by atoms with Crippen molar-refractivity contribution in [1.82, 2.24) is 63.1 Å². The highest BCUT2D eigenvalue weighted by atomic mass is 31.3. The summed E-state index contributed by atoms with van der Waals surface area (Å²) in [5.74, 6) is -1.69.